The molecule has 0 aliphatic heterocycles. The summed E-state index contributed by atoms with van der Waals surface area (Å²) in [5.41, 5.74) is 6.77. The van der Waals surface area contributed by atoms with E-state index in [0.29, 0.717) is 15.6 Å². The van der Waals surface area contributed by atoms with Gasteiger partial charge in [-0.25, -0.2) is 4.79 Å². The van der Waals surface area contributed by atoms with Crippen molar-refractivity contribution in [1.29, 1.82) is 0 Å². The second-order valence-electron chi connectivity index (χ2n) is 5.53. The molecule has 0 fully saturated rings. The molecule has 2 aromatic rings. The maximum Gasteiger partial charge on any atom is 0.350 e. The fraction of sp³-hybridized carbons (Fsp3) is 0.267. The molecule has 0 aliphatic rings. The number of nitrogen functional groups attached to an aromatic ring is 1. The third-order valence-corrected chi connectivity index (χ3v) is 5.30. The van der Waals surface area contributed by atoms with Gasteiger partial charge in [0, 0.05) is 8.45 Å². The summed E-state index contributed by atoms with van der Waals surface area (Å²) in [6, 6.07) is 7.54. The largest absolute Gasteiger partial charge is 0.456 e. The van der Waals surface area contributed by atoms with Gasteiger partial charge < -0.3 is 10.5 Å². The van der Waals surface area contributed by atoms with Gasteiger partial charge in [-0.2, -0.15) is 0 Å². The van der Waals surface area contributed by atoms with Gasteiger partial charge in [-0.1, -0.05) is 17.7 Å². The SMILES string of the molecule is CC(C)(C)OC(=O)c1sc(-c2ccc(I)c(Cl)c2)cc1N. The van der Waals surface area contributed by atoms with Crippen LogP contribution >= 0.6 is 45.5 Å². The summed E-state index contributed by atoms with van der Waals surface area (Å²) in [4.78, 5) is 13.4. The van der Waals surface area contributed by atoms with Crippen molar-refractivity contribution in [1.82, 2.24) is 0 Å². The molecule has 0 radical (unpaired) electrons. The Labute approximate surface area is 146 Å². The smallest absolute Gasteiger partial charge is 0.350 e. The number of esters is 1. The maximum absolute atomic E-state index is 12.1. The molecule has 0 saturated carbocycles. The average Bonchev–Trinajstić information content (AvgIpc) is 2.73. The quantitative estimate of drug-likeness (QED) is 0.520. The molecule has 1 heterocycles. The van der Waals surface area contributed by atoms with Gasteiger partial charge in [0.05, 0.1) is 10.7 Å². The zero-order valence-electron chi connectivity index (χ0n) is 11.9. The molecule has 0 spiro atoms. The van der Waals surface area contributed by atoms with Crippen LogP contribution < -0.4 is 5.73 Å². The highest BCUT2D eigenvalue weighted by Crippen LogP contribution is 2.36. The number of rotatable bonds is 2. The van der Waals surface area contributed by atoms with E-state index in [1.807, 2.05) is 39.0 Å². The van der Waals surface area contributed by atoms with Crippen LogP contribution in [0.5, 0.6) is 0 Å². The summed E-state index contributed by atoms with van der Waals surface area (Å²) >= 11 is 9.62. The second-order valence-corrected chi connectivity index (χ2v) is 8.15. The van der Waals surface area contributed by atoms with E-state index in [9.17, 15) is 4.79 Å². The van der Waals surface area contributed by atoms with Crippen LogP contribution in [0.2, 0.25) is 5.02 Å². The number of benzene rings is 1. The Kier molecular flexibility index (Phi) is 4.85. The molecule has 0 bridgehead atoms. The molecule has 0 saturated heterocycles. The highest BCUT2D eigenvalue weighted by atomic mass is 127. The minimum absolute atomic E-state index is 0.396. The van der Waals surface area contributed by atoms with Crippen LogP contribution in [0.4, 0.5) is 5.69 Å². The summed E-state index contributed by atoms with van der Waals surface area (Å²) in [5.74, 6) is -0.396. The first-order valence-corrected chi connectivity index (χ1v) is 8.53. The van der Waals surface area contributed by atoms with E-state index in [1.54, 1.807) is 6.07 Å². The van der Waals surface area contributed by atoms with Crippen LogP contribution in [0.15, 0.2) is 24.3 Å². The van der Waals surface area contributed by atoms with E-state index < -0.39 is 11.6 Å². The van der Waals surface area contributed by atoms with E-state index in [2.05, 4.69) is 22.6 Å². The molecule has 0 unspecified atom stereocenters. The van der Waals surface area contributed by atoms with Crippen molar-refractivity contribution in [3.8, 4) is 10.4 Å². The average molecular weight is 436 g/mol. The number of thiophene rings is 1. The normalized spacial score (nSPS) is 11.5. The van der Waals surface area contributed by atoms with Crippen molar-refractivity contribution in [3.05, 3.63) is 37.7 Å². The molecule has 1 aromatic carbocycles. The molecule has 0 atom stereocenters. The zero-order chi connectivity index (χ0) is 15.8. The summed E-state index contributed by atoms with van der Waals surface area (Å²) < 4.78 is 6.34. The summed E-state index contributed by atoms with van der Waals surface area (Å²) in [5, 5.41) is 0.680. The van der Waals surface area contributed by atoms with Crippen LogP contribution in [-0.4, -0.2) is 11.6 Å². The van der Waals surface area contributed by atoms with Crippen molar-refractivity contribution >= 4 is 57.2 Å². The fourth-order valence-corrected chi connectivity index (χ4v) is 3.15. The van der Waals surface area contributed by atoms with Gasteiger partial charge in [-0.3, -0.25) is 0 Å². The monoisotopic (exact) mass is 435 g/mol. The van der Waals surface area contributed by atoms with E-state index in [0.717, 1.165) is 14.0 Å². The second kappa shape index (κ2) is 6.14. The molecule has 0 aliphatic carbocycles. The predicted octanol–water partition coefficient (Wildman–Crippen LogP) is 5.21. The summed E-state index contributed by atoms with van der Waals surface area (Å²) in [6.45, 7) is 5.48. The number of anilines is 1. The third kappa shape index (κ3) is 4.11. The number of carbonyl (C=O) groups is 1. The van der Waals surface area contributed by atoms with Crippen molar-refractivity contribution in [2.75, 3.05) is 5.73 Å². The Bertz CT molecular complexity index is 691. The lowest BCUT2D eigenvalue weighted by Crippen LogP contribution is -2.23. The lowest BCUT2D eigenvalue weighted by atomic mass is 10.2. The molecule has 21 heavy (non-hydrogen) atoms. The number of nitrogens with two attached hydrogens (primary N) is 1. The van der Waals surface area contributed by atoms with Crippen molar-refractivity contribution in [3.63, 3.8) is 0 Å². The minimum atomic E-state index is -0.542. The first-order chi connectivity index (χ1) is 9.67. The minimum Gasteiger partial charge on any atom is -0.456 e. The lowest BCUT2D eigenvalue weighted by molar-refractivity contribution is 0.00764. The van der Waals surface area contributed by atoms with Crippen LogP contribution in [0.1, 0.15) is 30.4 Å². The molecule has 112 valence electrons. The van der Waals surface area contributed by atoms with Crippen molar-refractivity contribution in [2.24, 2.45) is 0 Å². The van der Waals surface area contributed by atoms with Gasteiger partial charge in [-0.15, -0.1) is 11.3 Å². The topological polar surface area (TPSA) is 52.3 Å². The summed E-state index contributed by atoms with van der Waals surface area (Å²) in [7, 11) is 0. The highest BCUT2D eigenvalue weighted by molar-refractivity contribution is 14.1. The number of hydrogen-bond donors (Lipinski definition) is 1. The summed E-state index contributed by atoms with van der Waals surface area (Å²) in [6.07, 6.45) is 0. The van der Waals surface area contributed by atoms with E-state index in [4.69, 9.17) is 22.1 Å². The van der Waals surface area contributed by atoms with Gasteiger partial charge in [0.2, 0.25) is 0 Å². The molecule has 1 aromatic heterocycles. The predicted molar refractivity (Wildman–Crippen MR) is 97.1 cm³/mol. The third-order valence-electron chi connectivity index (χ3n) is 2.55. The molecule has 6 heteroatoms. The van der Waals surface area contributed by atoms with Gasteiger partial charge >= 0.3 is 5.97 Å². The van der Waals surface area contributed by atoms with Gasteiger partial charge in [0.15, 0.2) is 0 Å². The van der Waals surface area contributed by atoms with Gasteiger partial charge in [0.1, 0.15) is 10.5 Å². The Balaban J connectivity index is 2.34. The molecule has 0 amide bonds. The zero-order valence-corrected chi connectivity index (χ0v) is 15.6. The first-order valence-electron chi connectivity index (χ1n) is 6.25. The lowest BCUT2D eigenvalue weighted by Gasteiger charge is -2.18. The molecule has 2 rings (SSSR count). The Morgan fingerprint density at radius 2 is 2.00 bits per heavy atom. The molecular weight excluding hydrogens is 421 g/mol. The Morgan fingerprint density at radius 1 is 1.33 bits per heavy atom. The van der Waals surface area contributed by atoms with E-state index in [-0.39, 0.29) is 0 Å². The molecule has 3 nitrogen and oxygen atoms in total. The number of carbonyl (C=O) groups excluding carboxylic acids is 1. The maximum atomic E-state index is 12.1. The molecular formula is C15H15ClINO2S. The van der Waals surface area contributed by atoms with Crippen molar-refractivity contribution in [2.45, 2.75) is 26.4 Å². The van der Waals surface area contributed by atoms with Gasteiger partial charge in [-0.05, 0) is 67.1 Å². The number of halogens is 2. The van der Waals surface area contributed by atoms with E-state index in [1.165, 1.54) is 11.3 Å². The number of ether oxygens (including phenoxy) is 1. The van der Waals surface area contributed by atoms with Gasteiger partial charge in [0.25, 0.3) is 0 Å². The molecule has 2 N–H and O–H groups in total. The van der Waals surface area contributed by atoms with E-state index >= 15 is 0 Å². The number of hydrogen-bond acceptors (Lipinski definition) is 4. The highest BCUT2D eigenvalue weighted by Gasteiger charge is 2.22. The van der Waals surface area contributed by atoms with Crippen molar-refractivity contribution < 1.29 is 9.53 Å². The first kappa shape index (κ1) is 16.6. The van der Waals surface area contributed by atoms with Crippen LogP contribution in [0.25, 0.3) is 10.4 Å². The standard InChI is InChI=1S/C15H15ClINO2S/c1-15(2,3)20-14(19)13-11(18)7-12(21-13)8-4-5-10(17)9(16)6-8/h4-7H,18H2,1-3H3. The Hall–Kier alpha value is -0.790. The van der Waals surface area contributed by atoms with Crippen LogP contribution in [-0.2, 0) is 4.74 Å². The fourth-order valence-electron chi connectivity index (χ4n) is 1.68. The Morgan fingerprint density at radius 3 is 2.57 bits per heavy atom. The van der Waals surface area contributed by atoms with Crippen LogP contribution in [0.3, 0.4) is 0 Å². The van der Waals surface area contributed by atoms with Crippen LogP contribution in [0, 0.1) is 3.57 Å².